The summed E-state index contributed by atoms with van der Waals surface area (Å²) in [5.74, 6) is 1.39. The number of amides is 2. The first-order valence-corrected chi connectivity index (χ1v) is 11.0. The summed E-state index contributed by atoms with van der Waals surface area (Å²) in [4.78, 5) is 29.8. The Labute approximate surface area is 190 Å². The smallest absolute Gasteiger partial charge is 0.290 e. The quantitative estimate of drug-likeness (QED) is 0.465. The SMILES string of the molecule is Cc1c(C(=O)N2CCN(C(=O)c3ccc4c(c3)OCO4)CC2)oc2c1ccc1ccccc12. The van der Waals surface area contributed by atoms with Crippen LogP contribution in [0.4, 0.5) is 0 Å². The maximum Gasteiger partial charge on any atom is 0.290 e. The molecule has 6 rings (SSSR count). The third-order valence-corrected chi connectivity index (χ3v) is 6.50. The van der Waals surface area contributed by atoms with Gasteiger partial charge in [0.15, 0.2) is 17.3 Å². The average Bonchev–Trinajstić information content (AvgIpc) is 3.47. The van der Waals surface area contributed by atoms with Crippen LogP contribution < -0.4 is 9.47 Å². The van der Waals surface area contributed by atoms with Gasteiger partial charge in [0.1, 0.15) is 5.58 Å². The van der Waals surface area contributed by atoms with Gasteiger partial charge in [-0.3, -0.25) is 9.59 Å². The fourth-order valence-corrected chi connectivity index (χ4v) is 4.62. The van der Waals surface area contributed by atoms with Gasteiger partial charge in [-0.1, -0.05) is 36.4 Å². The van der Waals surface area contributed by atoms with Crippen molar-refractivity contribution in [1.29, 1.82) is 0 Å². The Morgan fingerprint density at radius 1 is 0.788 bits per heavy atom. The number of fused-ring (bicyclic) bond motifs is 4. The molecule has 0 aliphatic carbocycles. The lowest BCUT2D eigenvalue weighted by Crippen LogP contribution is -2.50. The molecule has 2 amide bonds. The van der Waals surface area contributed by atoms with Gasteiger partial charge >= 0.3 is 0 Å². The Morgan fingerprint density at radius 2 is 1.52 bits per heavy atom. The van der Waals surface area contributed by atoms with E-state index in [1.807, 2.05) is 37.3 Å². The number of piperazine rings is 1. The monoisotopic (exact) mass is 442 g/mol. The largest absolute Gasteiger partial charge is 0.454 e. The highest BCUT2D eigenvalue weighted by Gasteiger charge is 2.29. The molecule has 0 unspecified atom stereocenters. The van der Waals surface area contributed by atoms with Crippen molar-refractivity contribution in [3.8, 4) is 11.5 Å². The molecular formula is C26H22N2O5. The van der Waals surface area contributed by atoms with E-state index in [1.165, 1.54) is 0 Å². The van der Waals surface area contributed by atoms with Crippen LogP contribution in [-0.2, 0) is 0 Å². The van der Waals surface area contributed by atoms with Crippen molar-refractivity contribution in [2.45, 2.75) is 6.92 Å². The highest BCUT2D eigenvalue weighted by molar-refractivity contribution is 6.09. The first-order valence-electron chi connectivity index (χ1n) is 11.0. The molecule has 1 fully saturated rings. The molecule has 0 N–H and O–H groups in total. The summed E-state index contributed by atoms with van der Waals surface area (Å²) in [7, 11) is 0. The molecule has 33 heavy (non-hydrogen) atoms. The van der Waals surface area contributed by atoms with E-state index >= 15 is 0 Å². The minimum Gasteiger partial charge on any atom is -0.454 e. The van der Waals surface area contributed by atoms with E-state index in [0.29, 0.717) is 49.0 Å². The zero-order valence-electron chi connectivity index (χ0n) is 18.2. The maximum atomic E-state index is 13.3. The summed E-state index contributed by atoms with van der Waals surface area (Å²) in [5.41, 5.74) is 2.14. The van der Waals surface area contributed by atoms with Crippen molar-refractivity contribution in [3.05, 3.63) is 71.5 Å². The lowest BCUT2D eigenvalue weighted by molar-refractivity contribution is 0.0519. The van der Waals surface area contributed by atoms with E-state index in [-0.39, 0.29) is 18.6 Å². The van der Waals surface area contributed by atoms with Gasteiger partial charge in [0.2, 0.25) is 6.79 Å². The first kappa shape index (κ1) is 19.7. The molecule has 3 heterocycles. The van der Waals surface area contributed by atoms with E-state index < -0.39 is 0 Å². The van der Waals surface area contributed by atoms with Crippen LogP contribution in [0, 0.1) is 6.92 Å². The molecule has 3 aromatic carbocycles. The maximum absolute atomic E-state index is 13.3. The summed E-state index contributed by atoms with van der Waals surface area (Å²) in [6, 6.07) is 17.3. The zero-order valence-corrected chi connectivity index (χ0v) is 18.2. The Bertz CT molecular complexity index is 1420. The summed E-state index contributed by atoms with van der Waals surface area (Å²) in [5, 5.41) is 3.03. The Morgan fingerprint density at radius 3 is 2.33 bits per heavy atom. The number of hydrogen-bond acceptors (Lipinski definition) is 5. The van der Waals surface area contributed by atoms with Crippen LogP contribution in [0.5, 0.6) is 11.5 Å². The van der Waals surface area contributed by atoms with Crippen LogP contribution in [0.1, 0.15) is 26.5 Å². The Kier molecular flexibility index (Phi) is 4.50. The molecule has 1 saturated heterocycles. The molecule has 0 atom stereocenters. The predicted molar refractivity (Wildman–Crippen MR) is 123 cm³/mol. The van der Waals surface area contributed by atoms with Gasteiger partial charge in [0, 0.05) is 48.1 Å². The summed E-state index contributed by atoms with van der Waals surface area (Å²) < 4.78 is 16.8. The van der Waals surface area contributed by atoms with Gasteiger partial charge in [0.25, 0.3) is 11.8 Å². The number of hydrogen-bond donors (Lipinski definition) is 0. The topological polar surface area (TPSA) is 72.2 Å². The highest BCUT2D eigenvalue weighted by Crippen LogP contribution is 2.34. The highest BCUT2D eigenvalue weighted by atomic mass is 16.7. The second-order valence-electron chi connectivity index (χ2n) is 8.37. The normalized spacial score (nSPS) is 15.4. The first-order chi connectivity index (χ1) is 16.1. The molecule has 2 aliphatic heterocycles. The van der Waals surface area contributed by atoms with Gasteiger partial charge in [-0.2, -0.15) is 0 Å². The molecule has 1 aromatic heterocycles. The lowest BCUT2D eigenvalue weighted by atomic mass is 10.1. The molecule has 7 heteroatoms. The fourth-order valence-electron chi connectivity index (χ4n) is 4.62. The van der Waals surface area contributed by atoms with Crippen molar-refractivity contribution in [2.24, 2.45) is 0 Å². The van der Waals surface area contributed by atoms with E-state index in [0.717, 1.165) is 27.3 Å². The molecule has 0 saturated carbocycles. The molecular weight excluding hydrogens is 420 g/mol. The van der Waals surface area contributed by atoms with Crippen molar-refractivity contribution >= 4 is 33.6 Å². The van der Waals surface area contributed by atoms with Gasteiger partial charge in [-0.05, 0) is 30.5 Å². The number of rotatable bonds is 2. The number of benzene rings is 3. The summed E-state index contributed by atoms with van der Waals surface area (Å²) >= 11 is 0. The number of aryl methyl sites for hydroxylation is 1. The van der Waals surface area contributed by atoms with E-state index in [2.05, 4.69) is 6.07 Å². The number of carbonyl (C=O) groups excluding carboxylic acids is 2. The van der Waals surface area contributed by atoms with Gasteiger partial charge in [-0.25, -0.2) is 0 Å². The molecule has 0 bridgehead atoms. The van der Waals surface area contributed by atoms with Crippen molar-refractivity contribution in [2.75, 3.05) is 33.0 Å². The van der Waals surface area contributed by atoms with E-state index in [4.69, 9.17) is 13.9 Å². The van der Waals surface area contributed by atoms with Crippen LogP contribution in [0.25, 0.3) is 21.7 Å². The van der Waals surface area contributed by atoms with Crippen molar-refractivity contribution in [3.63, 3.8) is 0 Å². The molecule has 0 radical (unpaired) electrons. The van der Waals surface area contributed by atoms with Crippen LogP contribution in [0.3, 0.4) is 0 Å². The van der Waals surface area contributed by atoms with Crippen molar-refractivity contribution in [1.82, 2.24) is 9.80 Å². The number of furan rings is 1. The zero-order chi connectivity index (χ0) is 22.5. The van der Waals surface area contributed by atoms with Gasteiger partial charge in [0.05, 0.1) is 0 Å². The van der Waals surface area contributed by atoms with Gasteiger partial charge in [-0.15, -0.1) is 0 Å². The van der Waals surface area contributed by atoms with E-state index in [1.54, 1.807) is 28.0 Å². The number of nitrogens with zero attached hydrogens (tertiary/aromatic N) is 2. The molecule has 4 aromatic rings. The second kappa shape index (κ2) is 7.55. The van der Waals surface area contributed by atoms with Crippen molar-refractivity contribution < 1.29 is 23.5 Å². The Balaban J connectivity index is 1.20. The molecule has 2 aliphatic rings. The van der Waals surface area contributed by atoms with Gasteiger partial charge < -0.3 is 23.7 Å². The molecule has 7 nitrogen and oxygen atoms in total. The van der Waals surface area contributed by atoms with Crippen LogP contribution in [0.15, 0.2) is 59.0 Å². The van der Waals surface area contributed by atoms with Crippen LogP contribution in [0.2, 0.25) is 0 Å². The standard InChI is InChI=1S/C26H22N2O5/c1-16-19-8-6-17-4-2-3-5-20(17)24(19)33-23(16)26(30)28-12-10-27(11-13-28)25(29)18-7-9-21-22(14-18)32-15-31-21/h2-9,14H,10-13,15H2,1H3. The summed E-state index contributed by atoms with van der Waals surface area (Å²) in [6.45, 7) is 3.92. The van der Waals surface area contributed by atoms with Crippen LogP contribution in [-0.4, -0.2) is 54.6 Å². The predicted octanol–water partition coefficient (Wildman–Crippen LogP) is 4.22. The third-order valence-electron chi connectivity index (χ3n) is 6.50. The second-order valence-corrected chi connectivity index (χ2v) is 8.37. The molecule has 0 spiro atoms. The minimum atomic E-state index is -0.136. The lowest BCUT2D eigenvalue weighted by Gasteiger charge is -2.34. The van der Waals surface area contributed by atoms with E-state index in [9.17, 15) is 9.59 Å². The van der Waals surface area contributed by atoms with Crippen LogP contribution >= 0.6 is 0 Å². The summed E-state index contributed by atoms with van der Waals surface area (Å²) in [6.07, 6.45) is 0. The third kappa shape index (κ3) is 3.19. The number of ether oxygens (including phenoxy) is 2. The number of carbonyl (C=O) groups is 2. The molecule has 166 valence electrons. The minimum absolute atomic E-state index is 0.0770. The fraction of sp³-hybridized carbons (Fsp3) is 0.231. The average molecular weight is 442 g/mol. The Hall–Kier alpha value is -4.00.